The van der Waals surface area contributed by atoms with Crippen molar-refractivity contribution in [3.63, 3.8) is 0 Å². The molecule has 2 spiro atoms. The standard InChI is InChI=1S/C11H14N2O/c1-6-12-13-9(1)14-7-8-10(2-3-10)11(8)4-5-11/h1,6,8H,2-5,7H2,(H,12,13). The Bertz CT molecular complexity index is 345. The Morgan fingerprint density at radius 1 is 1.36 bits per heavy atom. The lowest BCUT2D eigenvalue weighted by molar-refractivity contribution is 0.273. The third-order valence-corrected chi connectivity index (χ3v) is 4.70. The highest BCUT2D eigenvalue weighted by Crippen LogP contribution is 2.92. The SMILES string of the molecule is c1cc(OCC2C3(CC3)C23CC3)[nH]n1. The van der Waals surface area contributed by atoms with Crippen molar-refractivity contribution in [2.24, 2.45) is 16.7 Å². The molecule has 3 nitrogen and oxygen atoms in total. The fraction of sp³-hybridized carbons (Fsp3) is 0.727. The Balaban J connectivity index is 1.44. The zero-order valence-electron chi connectivity index (χ0n) is 8.12. The predicted molar refractivity (Wildman–Crippen MR) is 50.9 cm³/mol. The minimum Gasteiger partial charge on any atom is -0.478 e. The first kappa shape index (κ1) is 7.32. The number of nitrogens with one attached hydrogen (secondary N) is 1. The molecule has 1 aromatic heterocycles. The van der Waals surface area contributed by atoms with Crippen LogP contribution in [0.5, 0.6) is 5.88 Å². The molecular weight excluding hydrogens is 176 g/mol. The minimum absolute atomic E-state index is 0.757. The summed E-state index contributed by atoms with van der Waals surface area (Å²) in [4.78, 5) is 0. The number of aromatic nitrogens is 2. The molecule has 3 saturated carbocycles. The van der Waals surface area contributed by atoms with Gasteiger partial charge >= 0.3 is 0 Å². The van der Waals surface area contributed by atoms with Gasteiger partial charge in [-0.2, -0.15) is 5.10 Å². The lowest BCUT2D eigenvalue weighted by atomic mass is 10.3. The van der Waals surface area contributed by atoms with Gasteiger partial charge in [-0.25, -0.2) is 5.10 Å². The van der Waals surface area contributed by atoms with Gasteiger partial charge in [-0.1, -0.05) is 0 Å². The highest BCUT2D eigenvalue weighted by molar-refractivity contribution is 5.34. The fourth-order valence-electron chi connectivity index (χ4n) is 3.62. The van der Waals surface area contributed by atoms with Crippen molar-refractivity contribution < 1.29 is 4.74 Å². The molecule has 3 fully saturated rings. The molecule has 1 heterocycles. The molecule has 1 N–H and O–H groups in total. The fourth-order valence-corrected chi connectivity index (χ4v) is 3.62. The van der Waals surface area contributed by atoms with E-state index in [0.717, 1.165) is 29.2 Å². The van der Waals surface area contributed by atoms with Crippen molar-refractivity contribution in [1.82, 2.24) is 10.2 Å². The molecule has 0 radical (unpaired) electrons. The topological polar surface area (TPSA) is 37.9 Å². The number of rotatable bonds is 3. The summed E-state index contributed by atoms with van der Waals surface area (Å²) in [5.74, 6) is 1.68. The average Bonchev–Trinajstić information content (AvgIpc) is 3.12. The molecule has 0 unspecified atom stereocenters. The van der Waals surface area contributed by atoms with Gasteiger partial charge in [0.1, 0.15) is 0 Å². The summed E-state index contributed by atoms with van der Waals surface area (Å²) in [6.45, 7) is 0.905. The first-order chi connectivity index (χ1) is 6.87. The lowest BCUT2D eigenvalue weighted by Crippen LogP contribution is -2.02. The van der Waals surface area contributed by atoms with Crippen molar-refractivity contribution in [1.29, 1.82) is 0 Å². The van der Waals surface area contributed by atoms with Crippen molar-refractivity contribution in [2.75, 3.05) is 6.61 Å². The summed E-state index contributed by atoms with van der Waals surface area (Å²) in [5, 5.41) is 6.72. The first-order valence-electron chi connectivity index (χ1n) is 5.50. The maximum Gasteiger partial charge on any atom is 0.209 e. The molecule has 0 amide bonds. The van der Waals surface area contributed by atoms with Crippen molar-refractivity contribution in [2.45, 2.75) is 25.7 Å². The maximum absolute atomic E-state index is 5.70. The minimum atomic E-state index is 0.757. The molecule has 0 aromatic carbocycles. The smallest absolute Gasteiger partial charge is 0.209 e. The van der Waals surface area contributed by atoms with E-state index < -0.39 is 0 Å². The highest BCUT2D eigenvalue weighted by Gasteiger charge is 2.86. The van der Waals surface area contributed by atoms with E-state index in [9.17, 15) is 0 Å². The molecule has 3 aliphatic carbocycles. The number of ether oxygens (including phenoxy) is 1. The van der Waals surface area contributed by atoms with Crippen LogP contribution in [0.4, 0.5) is 0 Å². The summed E-state index contributed by atoms with van der Waals surface area (Å²) in [7, 11) is 0. The normalized spacial score (nSPS) is 29.4. The van der Waals surface area contributed by atoms with Crippen LogP contribution in [-0.4, -0.2) is 16.8 Å². The van der Waals surface area contributed by atoms with Gasteiger partial charge in [0.25, 0.3) is 0 Å². The molecule has 14 heavy (non-hydrogen) atoms. The van der Waals surface area contributed by atoms with E-state index in [2.05, 4.69) is 10.2 Å². The van der Waals surface area contributed by atoms with E-state index in [-0.39, 0.29) is 0 Å². The lowest BCUT2D eigenvalue weighted by Gasteiger charge is -2.01. The van der Waals surface area contributed by atoms with Crippen LogP contribution in [-0.2, 0) is 0 Å². The average molecular weight is 190 g/mol. The predicted octanol–water partition coefficient (Wildman–Crippen LogP) is 1.98. The Morgan fingerprint density at radius 2 is 2.07 bits per heavy atom. The molecule has 0 bridgehead atoms. The van der Waals surface area contributed by atoms with Crippen LogP contribution >= 0.6 is 0 Å². The van der Waals surface area contributed by atoms with Gasteiger partial charge in [0.2, 0.25) is 5.88 Å². The third-order valence-electron chi connectivity index (χ3n) is 4.70. The Kier molecular flexibility index (Phi) is 1.04. The van der Waals surface area contributed by atoms with Gasteiger partial charge in [-0.3, -0.25) is 0 Å². The summed E-state index contributed by atoms with van der Waals surface area (Å²) >= 11 is 0. The largest absolute Gasteiger partial charge is 0.478 e. The van der Waals surface area contributed by atoms with E-state index in [0.29, 0.717) is 0 Å². The molecule has 74 valence electrons. The van der Waals surface area contributed by atoms with Gasteiger partial charge < -0.3 is 4.74 Å². The third kappa shape index (κ3) is 0.689. The van der Waals surface area contributed by atoms with Crippen LogP contribution < -0.4 is 4.74 Å². The second-order valence-corrected chi connectivity index (χ2v) is 5.10. The number of hydrogen-bond acceptors (Lipinski definition) is 2. The number of nitrogens with zero attached hydrogens (tertiary/aromatic N) is 1. The zero-order valence-corrected chi connectivity index (χ0v) is 8.12. The molecule has 3 aliphatic rings. The monoisotopic (exact) mass is 190 g/mol. The van der Waals surface area contributed by atoms with E-state index in [4.69, 9.17) is 4.74 Å². The summed E-state index contributed by atoms with van der Waals surface area (Å²) in [6, 6.07) is 1.89. The number of hydrogen-bond donors (Lipinski definition) is 1. The van der Waals surface area contributed by atoms with Crippen molar-refractivity contribution in [3.8, 4) is 5.88 Å². The van der Waals surface area contributed by atoms with Gasteiger partial charge in [-0.15, -0.1) is 0 Å². The van der Waals surface area contributed by atoms with E-state index in [1.54, 1.807) is 6.20 Å². The summed E-state index contributed by atoms with van der Waals surface area (Å²) in [5.41, 5.74) is 1.51. The van der Waals surface area contributed by atoms with Crippen molar-refractivity contribution >= 4 is 0 Å². The zero-order chi connectivity index (χ0) is 9.23. The van der Waals surface area contributed by atoms with Gasteiger partial charge in [0, 0.05) is 12.0 Å². The summed E-state index contributed by atoms with van der Waals surface area (Å²) in [6.07, 6.45) is 7.59. The molecule has 4 rings (SSSR count). The maximum atomic E-state index is 5.70. The van der Waals surface area contributed by atoms with Crippen LogP contribution in [0.3, 0.4) is 0 Å². The van der Waals surface area contributed by atoms with Crippen LogP contribution in [0.15, 0.2) is 12.3 Å². The molecular formula is C11H14N2O. The van der Waals surface area contributed by atoms with Crippen LogP contribution in [0.2, 0.25) is 0 Å². The van der Waals surface area contributed by atoms with Gasteiger partial charge in [-0.05, 0) is 36.5 Å². The van der Waals surface area contributed by atoms with E-state index in [1.807, 2.05) is 6.07 Å². The Hall–Kier alpha value is -0.990. The number of H-pyrrole nitrogens is 1. The molecule has 0 atom stereocenters. The second kappa shape index (κ2) is 2.00. The van der Waals surface area contributed by atoms with Crippen LogP contribution in [0.1, 0.15) is 25.7 Å². The molecule has 0 saturated heterocycles. The first-order valence-corrected chi connectivity index (χ1v) is 5.50. The molecule has 3 heteroatoms. The second-order valence-electron chi connectivity index (χ2n) is 5.10. The Labute approximate surface area is 82.8 Å². The Morgan fingerprint density at radius 3 is 2.57 bits per heavy atom. The van der Waals surface area contributed by atoms with E-state index in [1.165, 1.54) is 25.7 Å². The van der Waals surface area contributed by atoms with Gasteiger partial charge in [0.05, 0.1) is 12.8 Å². The molecule has 0 aliphatic heterocycles. The summed E-state index contributed by atoms with van der Waals surface area (Å²) < 4.78 is 5.70. The van der Waals surface area contributed by atoms with E-state index >= 15 is 0 Å². The van der Waals surface area contributed by atoms with Crippen LogP contribution in [0, 0.1) is 16.7 Å². The highest BCUT2D eigenvalue weighted by atomic mass is 16.5. The van der Waals surface area contributed by atoms with Crippen molar-refractivity contribution in [3.05, 3.63) is 12.3 Å². The molecule has 1 aromatic rings. The number of fused-ring (bicyclic) bond motifs is 1. The van der Waals surface area contributed by atoms with Crippen LogP contribution in [0.25, 0.3) is 0 Å². The quantitative estimate of drug-likeness (QED) is 0.791. The van der Waals surface area contributed by atoms with Gasteiger partial charge in [0.15, 0.2) is 0 Å². The number of aromatic amines is 1.